The fourth-order valence-electron chi connectivity index (χ4n) is 2.04. The lowest BCUT2D eigenvalue weighted by molar-refractivity contribution is -0.137. The molecule has 0 unspecified atom stereocenters. The summed E-state index contributed by atoms with van der Waals surface area (Å²) in [5.41, 5.74) is 1.85. The maximum absolute atomic E-state index is 11.9. The first-order chi connectivity index (χ1) is 9.74. The number of nitrogens with zero attached hydrogens (tertiary/aromatic N) is 1. The molecule has 0 saturated heterocycles. The molecule has 0 aliphatic heterocycles. The normalized spacial score (nSPS) is 11.4. The Hall–Kier alpha value is -2.08. The molecule has 0 radical (unpaired) electrons. The fraction of sp³-hybridized carbons (Fsp3) is 0.412. The molecule has 0 spiro atoms. The number of esters is 1. The van der Waals surface area contributed by atoms with Gasteiger partial charge in [-0.15, -0.1) is 0 Å². The lowest BCUT2D eigenvalue weighted by Crippen LogP contribution is -2.09. The Labute approximate surface area is 120 Å². The monoisotopic (exact) mass is 271 g/mol. The van der Waals surface area contributed by atoms with E-state index in [1.165, 1.54) is 0 Å². The molecule has 1 aromatic carbocycles. The molecule has 106 valence electrons. The zero-order chi connectivity index (χ0) is 14.8. The van der Waals surface area contributed by atoms with Crippen LogP contribution in [0.2, 0.25) is 0 Å². The Morgan fingerprint density at radius 1 is 1.20 bits per heavy atom. The Kier molecular flexibility index (Phi) is 7.13. The standard InChI is InChI=1S/C17H21NO2/c1-3-5-7-12-15(14-10-8-6-9-11-14)16(13-18)17(19)20-4-2/h6,8-11H,3-5,7,12H2,1-2H3/b16-15+. The number of nitriles is 1. The average Bonchev–Trinajstić information content (AvgIpc) is 2.48. The largest absolute Gasteiger partial charge is 0.462 e. The van der Waals surface area contributed by atoms with Crippen molar-refractivity contribution in [3.63, 3.8) is 0 Å². The van der Waals surface area contributed by atoms with Crippen molar-refractivity contribution in [2.45, 2.75) is 39.5 Å². The molecule has 3 nitrogen and oxygen atoms in total. The highest BCUT2D eigenvalue weighted by Gasteiger charge is 2.17. The molecule has 3 heteroatoms. The van der Waals surface area contributed by atoms with Crippen LogP contribution in [0.1, 0.15) is 45.1 Å². The second-order valence-corrected chi connectivity index (χ2v) is 4.51. The molecular formula is C17H21NO2. The first-order valence-corrected chi connectivity index (χ1v) is 7.10. The van der Waals surface area contributed by atoms with Crippen LogP contribution in [0, 0.1) is 11.3 Å². The molecule has 0 aromatic heterocycles. The summed E-state index contributed by atoms with van der Waals surface area (Å²) in [7, 11) is 0. The van der Waals surface area contributed by atoms with Crippen molar-refractivity contribution in [1.82, 2.24) is 0 Å². The number of benzene rings is 1. The summed E-state index contributed by atoms with van der Waals surface area (Å²) >= 11 is 0. The second kappa shape index (κ2) is 8.92. The van der Waals surface area contributed by atoms with Gasteiger partial charge in [-0.3, -0.25) is 0 Å². The minimum absolute atomic E-state index is 0.133. The number of carbonyl (C=O) groups is 1. The molecular weight excluding hydrogens is 250 g/mol. The van der Waals surface area contributed by atoms with E-state index in [2.05, 4.69) is 6.92 Å². The number of hydrogen-bond acceptors (Lipinski definition) is 3. The number of carbonyl (C=O) groups excluding carboxylic acids is 1. The van der Waals surface area contributed by atoms with Gasteiger partial charge in [0.05, 0.1) is 6.61 Å². The molecule has 0 fully saturated rings. The van der Waals surface area contributed by atoms with Crippen molar-refractivity contribution in [2.75, 3.05) is 6.61 Å². The smallest absolute Gasteiger partial charge is 0.349 e. The van der Waals surface area contributed by atoms with Crippen molar-refractivity contribution in [3.05, 3.63) is 41.5 Å². The highest BCUT2D eigenvalue weighted by molar-refractivity contribution is 6.01. The maximum atomic E-state index is 11.9. The van der Waals surface area contributed by atoms with Gasteiger partial charge in [0.15, 0.2) is 0 Å². The molecule has 0 saturated carbocycles. The van der Waals surface area contributed by atoms with Gasteiger partial charge in [0, 0.05) is 0 Å². The maximum Gasteiger partial charge on any atom is 0.349 e. The number of allylic oxidation sites excluding steroid dienone is 1. The van der Waals surface area contributed by atoms with Crippen LogP contribution in [0.15, 0.2) is 35.9 Å². The third-order valence-electron chi connectivity index (χ3n) is 3.05. The molecule has 0 aliphatic carbocycles. The Balaban J connectivity index is 3.13. The Bertz CT molecular complexity index is 497. The molecule has 0 atom stereocenters. The van der Waals surface area contributed by atoms with Crippen LogP contribution in [0.3, 0.4) is 0 Å². The van der Waals surface area contributed by atoms with E-state index >= 15 is 0 Å². The van der Waals surface area contributed by atoms with Gasteiger partial charge in [-0.2, -0.15) is 5.26 Å². The van der Waals surface area contributed by atoms with Gasteiger partial charge >= 0.3 is 5.97 Å². The van der Waals surface area contributed by atoms with E-state index in [-0.39, 0.29) is 12.2 Å². The number of unbranched alkanes of at least 4 members (excludes halogenated alkanes) is 2. The second-order valence-electron chi connectivity index (χ2n) is 4.51. The van der Waals surface area contributed by atoms with Crippen LogP contribution in [-0.4, -0.2) is 12.6 Å². The van der Waals surface area contributed by atoms with E-state index in [0.29, 0.717) is 0 Å². The van der Waals surface area contributed by atoms with E-state index in [9.17, 15) is 10.1 Å². The van der Waals surface area contributed by atoms with Crippen molar-refractivity contribution in [3.8, 4) is 6.07 Å². The minimum Gasteiger partial charge on any atom is -0.462 e. The molecule has 0 amide bonds. The van der Waals surface area contributed by atoms with Crippen LogP contribution in [0.4, 0.5) is 0 Å². The molecule has 0 aliphatic rings. The van der Waals surface area contributed by atoms with Crippen molar-refractivity contribution < 1.29 is 9.53 Å². The topological polar surface area (TPSA) is 50.1 Å². The molecule has 0 heterocycles. The zero-order valence-electron chi connectivity index (χ0n) is 12.2. The third-order valence-corrected chi connectivity index (χ3v) is 3.05. The van der Waals surface area contributed by atoms with Crippen LogP contribution in [0.25, 0.3) is 5.57 Å². The summed E-state index contributed by atoms with van der Waals surface area (Å²) in [5, 5.41) is 9.30. The molecule has 1 rings (SSSR count). The molecule has 1 aromatic rings. The van der Waals surface area contributed by atoms with E-state index in [1.54, 1.807) is 6.92 Å². The van der Waals surface area contributed by atoms with E-state index in [0.717, 1.165) is 36.8 Å². The quantitative estimate of drug-likeness (QED) is 0.324. The van der Waals surface area contributed by atoms with Gasteiger partial charge in [-0.25, -0.2) is 4.79 Å². The summed E-state index contributed by atoms with van der Waals surface area (Å²) in [4.78, 5) is 11.9. The zero-order valence-corrected chi connectivity index (χ0v) is 12.2. The molecule has 20 heavy (non-hydrogen) atoms. The van der Waals surface area contributed by atoms with Crippen LogP contribution < -0.4 is 0 Å². The van der Waals surface area contributed by atoms with Crippen molar-refractivity contribution >= 4 is 11.5 Å². The van der Waals surface area contributed by atoms with Crippen molar-refractivity contribution in [2.24, 2.45) is 0 Å². The van der Waals surface area contributed by atoms with Gasteiger partial charge in [0.25, 0.3) is 0 Å². The van der Waals surface area contributed by atoms with Gasteiger partial charge in [-0.05, 0) is 30.9 Å². The van der Waals surface area contributed by atoms with E-state index in [4.69, 9.17) is 4.74 Å². The average molecular weight is 271 g/mol. The van der Waals surface area contributed by atoms with Gasteiger partial charge in [0.2, 0.25) is 0 Å². The van der Waals surface area contributed by atoms with Crippen LogP contribution in [0.5, 0.6) is 0 Å². The Morgan fingerprint density at radius 3 is 2.45 bits per heavy atom. The summed E-state index contributed by atoms with van der Waals surface area (Å²) in [6.45, 7) is 4.15. The first kappa shape index (κ1) is 16.0. The SMILES string of the molecule is CCCCC/C(=C(/C#N)C(=O)OCC)c1ccccc1. The number of ether oxygens (including phenoxy) is 1. The van der Waals surface area contributed by atoms with Gasteiger partial charge in [0.1, 0.15) is 11.6 Å². The molecule has 0 bridgehead atoms. The Morgan fingerprint density at radius 2 is 1.90 bits per heavy atom. The predicted molar refractivity (Wildman–Crippen MR) is 79.8 cm³/mol. The number of hydrogen-bond donors (Lipinski definition) is 0. The highest BCUT2D eigenvalue weighted by atomic mass is 16.5. The lowest BCUT2D eigenvalue weighted by Gasteiger charge is -2.10. The highest BCUT2D eigenvalue weighted by Crippen LogP contribution is 2.25. The summed E-state index contributed by atoms with van der Waals surface area (Å²) in [6, 6.07) is 11.6. The summed E-state index contributed by atoms with van der Waals surface area (Å²) < 4.78 is 4.98. The van der Waals surface area contributed by atoms with Crippen molar-refractivity contribution in [1.29, 1.82) is 5.26 Å². The predicted octanol–water partition coefficient (Wildman–Crippen LogP) is 4.11. The minimum atomic E-state index is -0.523. The summed E-state index contributed by atoms with van der Waals surface area (Å²) in [6.07, 6.45) is 3.87. The first-order valence-electron chi connectivity index (χ1n) is 7.10. The van der Waals surface area contributed by atoms with E-state index < -0.39 is 5.97 Å². The molecule has 0 N–H and O–H groups in total. The van der Waals surface area contributed by atoms with E-state index in [1.807, 2.05) is 36.4 Å². The summed E-state index contributed by atoms with van der Waals surface area (Å²) in [5.74, 6) is -0.523. The van der Waals surface area contributed by atoms with Crippen LogP contribution in [-0.2, 0) is 9.53 Å². The fourth-order valence-corrected chi connectivity index (χ4v) is 2.04. The van der Waals surface area contributed by atoms with Crippen LogP contribution >= 0.6 is 0 Å². The third kappa shape index (κ3) is 4.55. The van der Waals surface area contributed by atoms with Gasteiger partial charge < -0.3 is 4.74 Å². The number of rotatable bonds is 7. The van der Waals surface area contributed by atoms with Gasteiger partial charge in [-0.1, -0.05) is 50.1 Å². The lowest BCUT2D eigenvalue weighted by atomic mass is 9.95.